The van der Waals surface area contributed by atoms with Gasteiger partial charge >= 0.3 is 12.0 Å². The molecule has 3 aliphatic rings. The lowest BCUT2D eigenvalue weighted by molar-refractivity contribution is -0.235. The first-order valence-corrected chi connectivity index (χ1v) is 18.3. The maximum Gasteiger partial charge on any atom is 0.320 e. The van der Waals surface area contributed by atoms with Crippen molar-refractivity contribution in [1.29, 1.82) is 0 Å². The molecule has 0 spiro atoms. The van der Waals surface area contributed by atoms with Crippen molar-refractivity contribution >= 4 is 44.4 Å². The van der Waals surface area contributed by atoms with Gasteiger partial charge in [0.05, 0.1) is 12.9 Å². The van der Waals surface area contributed by atoms with E-state index in [-0.39, 0.29) is 29.9 Å². The minimum absolute atomic E-state index is 0.00737. The van der Waals surface area contributed by atoms with Crippen LogP contribution in [0.1, 0.15) is 37.8 Å². The molecule has 6 rings (SSSR count). The van der Waals surface area contributed by atoms with Crippen LogP contribution in [0.4, 0.5) is 10.6 Å². The summed E-state index contributed by atoms with van der Waals surface area (Å²) in [7, 11) is -10.4. The third kappa shape index (κ3) is 7.76. The highest BCUT2D eigenvalue weighted by atomic mass is 31.3. The fourth-order valence-corrected chi connectivity index (χ4v) is 8.91. The summed E-state index contributed by atoms with van der Waals surface area (Å²) in [5.41, 5.74) is 1.20. The fourth-order valence-electron chi connectivity index (χ4n) is 5.94. The molecule has 5 heterocycles. The summed E-state index contributed by atoms with van der Waals surface area (Å²) in [4.78, 5) is 61.7. The Bertz CT molecular complexity index is 1730. The van der Waals surface area contributed by atoms with Crippen molar-refractivity contribution in [2.24, 2.45) is 5.92 Å². The molecule has 0 saturated carbocycles. The molecular formula is C27H33N7O12P2-2. The molecule has 3 aromatic rings. The molecule has 4 N–H and O–H groups in total. The first-order chi connectivity index (χ1) is 22.9. The number of carboxylic acids is 1. The number of rotatable bonds is 12. The average molecular weight is 710 g/mol. The van der Waals surface area contributed by atoms with E-state index >= 15 is 0 Å². The second-order valence-corrected chi connectivity index (χ2v) is 14.8. The molecule has 9 atom stereocenters. The number of benzene rings is 1. The predicted octanol–water partition coefficient (Wildman–Crippen LogP) is 0.856. The highest BCUT2D eigenvalue weighted by Gasteiger charge is 2.54. The van der Waals surface area contributed by atoms with Gasteiger partial charge in [0.1, 0.15) is 38.3 Å². The summed E-state index contributed by atoms with van der Waals surface area (Å²) >= 11 is 0. The largest absolute Gasteiger partial charge is 0.778 e. The van der Waals surface area contributed by atoms with Crippen LogP contribution >= 0.6 is 15.4 Å². The summed E-state index contributed by atoms with van der Waals surface area (Å²) in [5.74, 6) is -1.62. The number of aliphatic carboxylic acids is 1. The molecule has 1 aromatic carbocycles. The van der Waals surface area contributed by atoms with E-state index in [0.29, 0.717) is 18.5 Å². The molecule has 2 amide bonds. The second-order valence-electron chi connectivity index (χ2n) is 11.4. The summed E-state index contributed by atoms with van der Waals surface area (Å²) < 4.78 is 55.1. The Balaban J connectivity index is 1.18. The number of amides is 2. The molecule has 21 heteroatoms. The lowest BCUT2D eigenvalue weighted by Crippen LogP contribution is -2.44. The summed E-state index contributed by atoms with van der Waals surface area (Å²) in [6.07, 6.45) is -2.40. The van der Waals surface area contributed by atoms with Crippen molar-refractivity contribution in [3.8, 4) is 0 Å². The van der Waals surface area contributed by atoms with Crippen molar-refractivity contribution in [3.05, 3.63) is 48.5 Å². The van der Waals surface area contributed by atoms with E-state index < -0.39 is 83.0 Å². The topological polar surface area (TPSA) is 260 Å². The number of hydrogen-bond acceptors (Lipinski definition) is 15. The second kappa shape index (κ2) is 14.2. The number of nitrogens with zero attached hydrogens (tertiary/aromatic N) is 4. The molecular weight excluding hydrogens is 676 g/mol. The van der Waals surface area contributed by atoms with Crippen LogP contribution in [0.25, 0.3) is 11.2 Å². The Hall–Kier alpha value is -3.35. The van der Waals surface area contributed by atoms with Gasteiger partial charge in [0.15, 0.2) is 29.5 Å². The van der Waals surface area contributed by atoms with Gasteiger partial charge < -0.3 is 48.8 Å². The maximum absolute atomic E-state index is 12.8. The molecule has 0 radical (unpaired) electrons. The first-order valence-electron chi connectivity index (χ1n) is 15.1. The van der Waals surface area contributed by atoms with E-state index in [1.54, 1.807) is 31.2 Å². The van der Waals surface area contributed by atoms with Gasteiger partial charge in [0, 0.05) is 18.3 Å². The lowest BCUT2D eigenvalue weighted by Gasteiger charge is -2.36. The SMILES string of the molecule is CCNC(=O)Nc1ncnc2c1ncn2[C@@H]1O[C@H](COP(=O)([O-])OP(=O)([O-])CC2CCNC(C(=O)O)C2)C2O[C@H](c3ccccc3)O[C@@H]21. The van der Waals surface area contributed by atoms with Crippen LogP contribution in [0.2, 0.25) is 0 Å². The van der Waals surface area contributed by atoms with Gasteiger partial charge in [-0.2, -0.15) is 0 Å². The van der Waals surface area contributed by atoms with E-state index in [9.17, 15) is 33.6 Å². The summed E-state index contributed by atoms with van der Waals surface area (Å²) in [6.45, 7) is 1.71. The Labute approximate surface area is 273 Å². The Kier molecular flexibility index (Phi) is 10.2. The van der Waals surface area contributed by atoms with Crippen LogP contribution in [0.5, 0.6) is 0 Å². The lowest BCUT2D eigenvalue weighted by atomic mass is 9.94. The number of phosphoric ester groups is 1. The number of ether oxygens (including phenoxy) is 3. The van der Waals surface area contributed by atoms with E-state index in [1.807, 2.05) is 6.07 Å². The van der Waals surface area contributed by atoms with Crippen LogP contribution in [0.15, 0.2) is 43.0 Å². The molecule has 3 aliphatic heterocycles. The number of aromatic nitrogens is 4. The molecule has 48 heavy (non-hydrogen) atoms. The number of carbonyl (C=O) groups is 2. The standard InChI is InChI=1S/C27H35N7O12P2/c1-2-28-27(37)33-22-19-23(31-13-30-22)34(14-32-19)24-21-20(44-26(45-21)16-6-4-3-5-7-16)18(43-24)11-42-48(40,41)46-47(38,39)12-15-8-9-29-17(10-15)25(35)36/h3-7,13-15,17-18,20-21,24,26,29H,2,8-12H2,1H3,(H,35,36)(H,38,39)(H,40,41)(H2,28,30,31,33,37)/p-2/t15?,17?,18-,20?,21+,24-,26+/m1/s1. The maximum atomic E-state index is 12.8. The third-order valence-corrected chi connectivity index (χ3v) is 11.3. The van der Waals surface area contributed by atoms with Crippen LogP contribution in [0, 0.1) is 5.92 Å². The molecule has 3 fully saturated rings. The van der Waals surface area contributed by atoms with Crippen LogP contribution in [-0.2, 0) is 37.0 Å². The molecule has 3 saturated heterocycles. The van der Waals surface area contributed by atoms with Crippen LogP contribution < -0.4 is 25.7 Å². The van der Waals surface area contributed by atoms with Gasteiger partial charge in [-0.25, -0.2) is 19.7 Å². The monoisotopic (exact) mass is 709 g/mol. The predicted molar refractivity (Wildman–Crippen MR) is 160 cm³/mol. The molecule has 5 unspecified atom stereocenters. The van der Waals surface area contributed by atoms with Gasteiger partial charge in [-0.15, -0.1) is 0 Å². The third-order valence-electron chi connectivity index (χ3n) is 8.03. The quantitative estimate of drug-likeness (QED) is 0.190. The Morgan fingerprint density at radius 3 is 2.65 bits per heavy atom. The Morgan fingerprint density at radius 2 is 1.90 bits per heavy atom. The van der Waals surface area contributed by atoms with Gasteiger partial charge in [0.2, 0.25) is 0 Å². The van der Waals surface area contributed by atoms with Gasteiger partial charge in [-0.1, -0.05) is 30.3 Å². The van der Waals surface area contributed by atoms with Crippen molar-refractivity contribution in [3.63, 3.8) is 0 Å². The smallest absolute Gasteiger partial charge is 0.320 e. The summed E-state index contributed by atoms with van der Waals surface area (Å²) in [5, 5.41) is 17.2. The molecule has 0 bridgehead atoms. The van der Waals surface area contributed by atoms with Gasteiger partial charge in [-0.3, -0.25) is 23.6 Å². The molecule has 0 aliphatic carbocycles. The zero-order valence-electron chi connectivity index (χ0n) is 25.4. The summed E-state index contributed by atoms with van der Waals surface area (Å²) in [6, 6.07) is 7.55. The minimum Gasteiger partial charge on any atom is -0.778 e. The Morgan fingerprint density at radius 1 is 1.12 bits per heavy atom. The number of imidazole rings is 1. The number of piperidine rings is 1. The number of fused-ring (bicyclic) bond motifs is 2. The van der Waals surface area contributed by atoms with Gasteiger partial charge in [-0.05, 0) is 32.2 Å². The van der Waals surface area contributed by atoms with E-state index in [0.717, 1.165) is 0 Å². The number of urea groups is 1. The molecule has 260 valence electrons. The van der Waals surface area contributed by atoms with Crippen molar-refractivity contribution in [2.45, 2.75) is 56.6 Å². The van der Waals surface area contributed by atoms with Gasteiger partial charge in [0.25, 0.3) is 7.82 Å². The van der Waals surface area contributed by atoms with E-state index in [4.69, 9.17) is 18.7 Å². The average Bonchev–Trinajstić information content (AvgIpc) is 3.75. The first kappa shape index (κ1) is 34.5. The number of anilines is 1. The van der Waals surface area contributed by atoms with Crippen molar-refractivity contribution < 1.29 is 56.7 Å². The zero-order valence-corrected chi connectivity index (χ0v) is 27.2. The van der Waals surface area contributed by atoms with Crippen molar-refractivity contribution in [2.75, 3.05) is 31.2 Å². The number of carboxylic acid groups (broad SMARTS) is 1. The zero-order chi connectivity index (χ0) is 34.1. The van der Waals surface area contributed by atoms with E-state index in [2.05, 4.69) is 35.2 Å². The van der Waals surface area contributed by atoms with Crippen LogP contribution in [0.3, 0.4) is 0 Å². The number of carbonyl (C=O) groups excluding carboxylic acids is 1. The number of nitrogens with one attached hydrogen (secondary N) is 3. The highest BCUT2D eigenvalue weighted by molar-refractivity contribution is 7.62. The molecule has 2 aromatic heterocycles. The normalized spacial score (nSPS) is 29.5. The fraction of sp³-hybridized carbons (Fsp3) is 0.519. The highest BCUT2D eigenvalue weighted by Crippen LogP contribution is 2.57. The van der Waals surface area contributed by atoms with Crippen molar-refractivity contribution in [1.82, 2.24) is 30.2 Å². The van der Waals surface area contributed by atoms with Crippen LogP contribution in [-0.4, -0.2) is 86.8 Å². The van der Waals surface area contributed by atoms with E-state index in [1.165, 1.54) is 17.2 Å². The minimum atomic E-state index is -5.44. The number of hydrogen-bond donors (Lipinski definition) is 4. The molecule has 19 nitrogen and oxygen atoms in total. The number of phosphoric acid groups is 1.